The molecule has 1 unspecified atom stereocenters. The summed E-state index contributed by atoms with van der Waals surface area (Å²) in [5.74, 6) is 0.0630. The molecule has 0 aromatic heterocycles. The molecule has 22 heavy (non-hydrogen) atoms. The van der Waals surface area contributed by atoms with E-state index in [1.54, 1.807) is 0 Å². The van der Waals surface area contributed by atoms with Crippen molar-refractivity contribution in [3.05, 3.63) is 23.8 Å². The van der Waals surface area contributed by atoms with Crippen LogP contribution in [0.2, 0.25) is 0 Å². The van der Waals surface area contributed by atoms with Crippen LogP contribution in [0.4, 0.5) is 11.4 Å². The first-order valence-corrected chi connectivity index (χ1v) is 8.50. The third-order valence-electron chi connectivity index (χ3n) is 3.95. The quantitative estimate of drug-likeness (QED) is 0.684. The number of hydrogen-bond acceptors (Lipinski definition) is 3. The Labute approximate surface area is 135 Å². The van der Waals surface area contributed by atoms with E-state index >= 15 is 0 Å². The van der Waals surface area contributed by atoms with Crippen molar-refractivity contribution in [1.82, 2.24) is 4.90 Å². The molecule has 1 amide bonds. The molecule has 1 rings (SSSR count). The maximum atomic E-state index is 12.6. The van der Waals surface area contributed by atoms with E-state index in [2.05, 4.69) is 37.9 Å². The number of hydrogen-bond donors (Lipinski definition) is 2. The molecule has 4 nitrogen and oxygen atoms in total. The fourth-order valence-corrected chi connectivity index (χ4v) is 2.83. The number of aryl methyl sites for hydroxylation is 1. The normalized spacial score (nSPS) is 12.4. The van der Waals surface area contributed by atoms with Gasteiger partial charge in [0.2, 0.25) is 5.91 Å². The number of carbonyl (C=O) groups excluding carboxylic acids is 1. The molecule has 0 aliphatic carbocycles. The van der Waals surface area contributed by atoms with Gasteiger partial charge in [-0.3, -0.25) is 9.69 Å². The first-order chi connectivity index (χ1) is 10.6. The Morgan fingerprint density at radius 3 is 2.27 bits per heavy atom. The van der Waals surface area contributed by atoms with Crippen LogP contribution in [0.5, 0.6) is 0 Å². The number of amides is 1. The van der Waals surface area contributed by atoms with Gasteiger partial charge in [0.15, 0.2) is 0 Å². The minimum atomic E-state index is -0.0769. The molecule has 124 valence electrons. The largest absolute Gasteiger partial charge is 0.398 e. The number of nitrogens with zero attached hydrogens (tertiary/aromatic N) is 1. The van der Waals surface area contributed by atoms with Crippen LogP contribution in [-0.2, 0) is 11.2 Å². The van der Waals surface area contributed by atoms with Gasteiger partial charge in [-0.05, 0) is 56.5 Å². The molecule has 1 aromatic carbocycles. The molecule has 0 aliphatic rings. The van der Waals surface area contributed by atoms with Crippen LogP contribution < -0.4 is 11.1 Å². The zero-order chi connectivity index (χ0) is 16.5. The van der Waals surface area contributed by atoms with E-state index in [0.29, 0.717) is 0 Å². The van der Waals surface area contributed by atoms with E-state index in [1.807, 2.05) is 18.2 Å². The summed E-state index contributed by atoms with van der Waals surface area (Å²) in [6, 6.07) is 5.70. The SMILES string of the molecule is CCCN(CCC)C(CC)C(=O)Nc1ccc(CC)c(N)c1. The molecule has 0 heterocycles. The van der Waals surface area contributed by atoms with Crippen LogP contribution in [0.3, 0.4) is 0 Å². The Balaban J connectivity index is 2.81. The summed E-state index contributed by atoms with van der Waals surface area (Å²) in [4.78, 5) is 14.9. The van der Waals surface area contributed by atoms with Crippen LogP contribution >= 0.6 is 0 Å². The average molecular weight is 305 g/mol. The van der Waals surface area contributed by atoms with Gasteiger partial charge in [-0.15, -0.1) is 0 Å². The number of anilines is 2. The fourth-order valence-electron chi connectivity index (χ4n) is 2.83. The first kappa shape index (κ1) is 18.5. The highest BCUT2D eigenvalue weighted by molar-refractivity contribution is 5.95. The minimum Gasteiger partial charge on any atom is -0.398 e. The fraction of sp³-hybridized carbons (Fsp3) is 0.611. The summed E-state index contributed by atoms with van der Waals surface area (Å²) in [7, 11) is 0. The predicted molar refractivity (Wildman–Crippen MR) is 95.1 cm³/mol. The van der Waals surface area contributed by atoms with Gasteiger partial charge in [-0.25, -0.2) is 0 Å². The van der Waals surface area contributed by atoms with Crippen molar-refractivity contribution in [2.45, 2.75) is 59.4 Å². The molecule has 0 radical (unpaired) electrons. The van der Waals surface area contributed by atoms with Crippen molar-refractivity contribution >= 4 is 17.3 Å². The second-order valence-electron chi connectivity index (χ2n) is 5.72. The molecular weight excluding hydrogens is 274 g/mol. The lowest BCUT2D eigenvalue weighted by molar-refractivity contribution is -0.121. The zero-order valence-corrected chi connectivity index (χ0v) is 14.5. The monoisotopic (exact) mass is 305 g/mol. The van der Waals surface area contributed by atoms with Gasteiger partial charge >= 0.3 is 0 Å². The summed E-state index contributed by atoms with van der Waals surface area (Å²) in [5, 5.41) is 3.02. The number of benzene rings is 1. The van der Waals surface area contributed by atoms with Gasteiger partial charge in [0.05, 0.1) is 6.04 Å². The summed E-state index contributed by atoms with van der Waals surface area (Å²) in [6.07, 6.45) is 3.83. The van der Waals surface area contributed by atoms with E-state index in [0.717, 1.165) is 55.7 Å². The van der Waals surface area contributed by atoms with Crippen molar-refractivity contribution in [2.24, 2.45) is 0 Å². The first-order valence-electron chi connectivity index (χ1n) is 8.50. The topological polar surface area (TPSA) is 58.4 Å². The van der Waals surface area contributed by atoms with Gasteiger partial charge in [0.1, 0.15) is 0 Å². The predicted octanol–water partition coefficient (Wildman–Crippen LogP) is 3.67. The number of nitrogens with two attached hydrogens (primary N) is 1. The number of rotatable bonds is 9. The van der Waals surface area contributed by atoms with Crippen LogP contribution in [0.1, 0.15) is 52.5 Å². The molecule has 0 saturated carbocycles. The summed E-state index contributed by atoms with van der Waals surface area (Å²) >= 11 is 0. The Kier molecular flexibility index (Phi) is 7.96. The molecule has 3 N–H and O–H groups in total. The van der Waals surface area contributed by atoms with Gasteiger partial charge in [-0.2, -0.15) is 0 Å². The number of carbonyl (C=O) groups is 1. The Hall–Kier alpha value is -1.55. The lowest BCUT2D eigenvalue weighted by atomic mass is 10.1. The second kappa shape index (κ2) is 9.46. The smallest absolute Gasteiger partial charge is 0.241 e. The van der Waals surface area contributed by atoms with Crippen molar-refractivity contribution in [3.63, 3.8) is 0 Å². The summed E-state index contributed by atoms with van der Waals surface area (Å²) in [5.41, 5.74) is 8.65. The van der Waals surface area contributed by atoms with Crippen LogP contribution in [-0.4, -0.2) is 29.9 Å². The lowest BCUT2D eigenvalue weighted by Crippen LogP contribution is -2.44. The molecule has 0 spiro atoms. The maximum Gasteiger partial charge on any atom is 0.241 e. The molecule has 1 atom stereocenters. The zero-order valence-electron chi connectivity index (χ0n) is 14.5. The van der Waals surface area contributed by atoms with Crippen molar-refractivity contribution < 1.29 is 4.79 Å². The van der Waals surface area contributed by atoms with Gasteiger partial charge in [-0.1, -0.05) is 33.8 Å². The Bertz CT molecular complexity index is 467. The Morgan fingerprint density at radius 2 is 1.82 bits per heavy atom. The van der Waals surface area contributed by atoms with E-state index < -0.39 is 0 Å². The van der Waals surface area contributed by atoms with Crippen LogP contribution in [0.25, 0.3) is 0 Å². The third kappa shape index (κ3) is 5.02. The summed E-state index contributed by atoms with van der Waals surface area (Å²) < 4.78 is 0. The number of nitrogens with one attached hydrogen (secondary N) is 1. The highest BCUT2D eigenvalue weighted by Crippen LogP contribution is 2.19. The molecule has 0 aliphatic heterocycles. The van der Waals surface area contributed by atoms with E-state index in [-0.39, 0.29) is 11.9 Å². The van der Waals surface area contributed by atoms with Crippen LogP contribution in [0.15, 0.2) is 18.2 Å². The van der Waals surface area contributed by atoms with Crippen molar-refractivity contribution in [1.29, 1.82) is 0 Å². The molecule has 4 heteroatoms. The van der Waals surface area contributed by atoms with E-state index in [9.17, 15) is 4.79 Å². The van der Waals surface area contributed by atoms with Gasteiger partial charge in [0, 0.05) is 11.4 Å². The third-order valence-corrected chi connectivity index (χ3v) is 3.95. The minimum absolute atomic E-state index is 0.0630. The lowest BCUT2D eigenvalue weighted by Gasteiger charge is -2.29. The Morgan fingerprint density at radius 1 is 1.18 bits per heavy atom. The molecular formula is C18H31N3O. The highest BCUT2D eigenvalue weighted by Gasteiger charge is 2.23. The average Bonchev–Trinajstić information content (AvgIpc) is 2.48. The summed E-state index contributed by atoms with van der Waals surface area (Å²) in [6.45, 7) is 10.4. The standard InChI is InChI=1S/C18H31N3O/c1-5-11-21(12-6-2)17(8-4)18(22)20-15-10-9-14(7-3)16(19)13-15/h9-10,13,17H,5-8,11-12,19H2,1-4H3,(H,20,22). The molecule has 0 bridgehead atoms. The van der Waals surface area contributed by atoms with Crippen molar-refractivity contribution in [3.8, 4) is 0 Å². The van der Waals surface area contributed by atoms with Gasteiger partial charge in [0.25, 0.3) is 0 Å². The van der Waals surface area contributed by atoms with Crippen molar-refractivity contribution in [2.75, 3.05) is 24.1 Å². The molecule has 0 fully saturated rings. The number of nitrogen functional groups attached to an aromatic ring is 1. The highest BCUT2D eigenvalue weighted by atomic mass is 16.2. The van der Waals surface area contributed by atoms with E-state index in [1.165, 1.54) is 0 Å². The van der Waals surface area contributed by atoms with Crippen LogP contribution in [0, 0.1) is 0 Å². The molecule has 0 saturated heterocycles. The maximum absolute atomic E-state index is 12.6. The van der Waals surface area contributed by atoms with E-state index in [4.69, 9.17) is 5.73 Å². The van der Waals surface area contributed by atoms with Gasteiger partial charge < -0.3 is 11.1 Å². The second-order valence-corrected chi connectivity index (χ2v) is 5.72. The molecule has 1 aromatic rings.